The van der Waals surface area contributed by atoms with Crippen LogP contribution in [0.1, 0.15) is 36.5 Å². The second-order valence-corrected chi connectivity index (χ2v) is 8.63. The number of rotatable bonds is 8. The zero-order valence-electron chi connectivity index (χ0n) is 15.1. The van der Waals surface area contributed by atoms with Crippen molar-refractivity contribution in [1.82, 2.24) is 0 Å². The van der Waals surface area contributed by atoms with Crippen LogP contribution in [0.5, 0.6) is 5.75 Å². The summed E-state index contributed by atoms with van der Waals surface area (Å²) < 4.78 is 114. The Morgan fingerprint density at radius 2 is 1.69 bits per heavy atom. The van der Waals surface area contributed by atoms with Gasteiger partial charge >= 0.3 is 17.1 Å². The van der Waals surface area contributed by atoms with E-state index >= 15 is 0 Å². The quantitative estimate of drug-likeness (QED) is 0.443. The van der Waals surface area contributed by atoms with Gasteiger partial charge in [0.05, 0.1) is 6.61 Å². The maximum absolute atomic E-state index is 13.7. The Balaban J connectivity index is 2.12. The van der Waals surface area contributed by atoms with E-state index in [4.69, 9.17) is 9.47 Å². The number of halogens is 6. The maximum atomic E-state index is 13.7. The van der Waals surface area contributed by atoms with Crippen molar-refractivity contribution in [3.63, 3.8) is 0 Å². The number of benzene rings is 1. The predicted octanol–water partition coefficient (Wildman–Crippen LogP) is 4.07. The normalized spacial score (nSPS) is 19.1. The molecule has 29 heavy (non-hydrogen) atoms. The van der Waals surface area contributed by atoms with Gasteiger partial charge in [0.25, 0.3) is 0 Å². The molecule has 164 valence electrons. The lowest BCUT2D eigenvalue weighted by atomic mass is 10.1. The molecule has 1 aliphatic rings. The number of sulfone groups is 1. The average molecular weight is 448 g/mol. The van der Waals surface area contributed by atoms with E-state index < -0.39 is 57.3 Å². The van der Waals surface area contributed by atoms with E-state index in [2.05, 4.69) is 0 Å². The first kappa shape index (κ1) is 23.5. The van der Waals surface area contributed by atoms with Crippen LogP contribution >= 0.6 is 0 Å². The molecule has 0 saturated carbocycles. The average Bonchev–Trinajstić information content (AvgIpc) is 2.61. The lowest BCUT2D eigenvalue weighted by Crippen LogP contribution is -2.57. The van der Waals surface area contributed by atoms with E-state index in [-0.39, 0.29) is 5.75 Å². The first-order valence-electron chi connectivity index (χ1n) is 8.46. The zero-order valence-corrected chi connectivity index (χ0v) is 16.0. The molecule has 1 heterocycles. The molecule has 1 aliphatic heterocycles. The van der Waals surface area contributed by atoms with Crippen molar-refractivity contribution >= 4 is 15.6 Å². The van der Waals surface area contributed by atoms with E-state index in [1.807, 2.05) is 0 Å². The fourth-order valence-electron chi connectivity index (χ4n) is 2.47. The molecule has 0 amide bonds. The summed E-state index contributed by atoms with van der Waals surface area (Å²) in [5.74, 6) is -14.8. The minimum atomic E-state index is -6.24. The summed E-state index contributed by atoms with van der Waals surface area (Å²) in [6.45, 7) is -0.0260. The third-order valence-corrected chi connectivity index (χ3v) is 5.89. The Kier molecular flexibility index (Phi) is 6.58. The molecule has 1 aromatic rings. The molecule has 1 atom stereocenters. The third kappa shape index (κ3) is 4.85. The highest BCUT2D eigenvalue weighted by Crippen LogP contribution is 2.48. The predicted molar refractivity (Wildman–Crippen MR) is 89.3 cm³/mol. The smallest absolute Gasteiger partial charge is 0.413 e. The monoisotopic (exact) mass is 448 g/mol. The van der Waals surface area contributed by atoms with Crippen molar-refractivity contribution < 1.29 is 49.0 Å². The van der Waals surface area contributed by atoms with Gasteiger partial charge in [0, 0.05) is 18.9 Å². The second-order valence-electron chi connectivity index (χ2n) is 6.60. The third-order valence-electron chi connectivity index (χ3n) is 4.21. The Labute approximate surface area is 162 Å². The molecule has 1 aromatic carbocycles. The van der Waals surface area contributed by atoms with Crippen LogP contribution < -0.4 is 4.74 Å². The summed E-state index contributed by atoms with van der Waals surface area (Å²) in [5.41, 5.74) is -0.395. The van der Waals surface area contributed by atoms with Gasteiger partial charge in [-0.3, -0.25) is 4.79 Å². The highest BCUT2D eigenvalue weighted by molar-refractivity contribution is 7.93. The van der Waals surface area contributed by atoms with Gasteiger partial charge in [-0.1, -0.05) is 0 Å². The fourth-order valence-corrected chi connectivity index (χ4v) is 3.74. The number of hydrogen-bond donors (Lipinski definition) is 0. The van der Waals surface area contributed by atoms with Gasteiger partial charge in [-0.15, -0.1) is 0 Å². The van der Waals surface area contributed by atoms with Gasteiger partial charge in [-0.25, -0.2) is 8.42 Å². The van der Waals surface area contributed by atoms with Crippen LogP contribution in [0.25, 0.3) is 0 Å². The number of ketones is 1. The van der Waals surface area contributed by atoms with Gasteiger partial charge in [0.2, 0.25) is 9.84 Å². The minimum absolute atomic E-state index is 0.249. The lowest BCUT2D eigenvalue weighted by Gasteiger charge is -2.30. The molecule has 0 N–H and O–H groups in total. The molecule has 0 radical (unpaired) electrons. The number of carbonyl (C=O) groups is 1. The largest absolute Gasteiger partial charge is 0.465 e. The summed E-state index contributed by atoms with van der Waals surface area (Å²) in [6, 6.07) is 4.57. The molecule has 5 nitrogen and oxygen atoms in total. The van der Waals surface area contributed by atoms with Crippen molar-refractivity contribution in [3.8, 4) is 5.75 Å². The van der Waals surface area contributed by atoms with Crippen molar-refractivity contribution in [2.45, 2.75) is 49.6 Å². The number of ether oxygens (including phenoxy) is 2. The van der Waals surface area contributed by atoms with Crippen LogP contribution in [0.15, 0.2) is 24.3 Å². The number of Topliss-reactive ketones (excluding diaryl/α,β-unsaturated/α-hetero) is 1. The second kappa shape index (κ2) is 8.13. The fraction of sp³-hybridized carbons (Fsp3) is 0.588. The van der Waals surface area contributed by atoms with Gasteiger partial charge in [0.1, 0.15) is 11.5 Å². The lowest BCUT2D eigenvalue weighted by molar-refractivity contribution is -0.271. The Bertz CT molecular complexity index is 827. The molecule has 0 spiro atoms. The number of carbonyl (C=O) groups excluding carboxylic acids is 1. The summed E-state index contributed by atoms with van der Waals surface area (Å²) in [5, 5.41) is -6.14. The van der Waals surface area contributed by atoms with Gasteiger partial charge < -0.3 is 9.47 Å². The first-order chi connectivity index (χ1) is 13.2. The summed E-state index contributed by atoms with van der Waals surface area (Å²) in [6.07, 6.45) is 1.89. The number of alkyl halides is 6. The van der Waals surface area contributed by atoms with Crippen LogP contribution in [0.2, 0.25) is 0 Å². The Hall–Kier alpha value is -1.82. The van der Waals surface area contributed by atoms with E-state index in [0.29, 0.717) is 13.0 Å². The standard InChI is InChI=1S/C17H18F6O5S/c1-15(18,19)16(20,21)17(22,23)29(25,26)10-13(24)11-5-7-12(8-6-11)28-14-4-2-3-9-27-14/h5-8,14H,2-4,9-10H2,1H3. The molecular formula is C17H18F6O5S. The van der Waals surface area contributed by atoms with Crippen molar-refractivity contribution in [3.05, 3.63) is 29.8 Å². The first-order valence-corrected chi connectivity index (χ1v) is 10.1. The topological polar surface area (TPSA) is 69.7 Å². The van der Waals surface area contributed by atoms with Gasteiger partial charge in [-0.05, 0) is 37.1 Å². The molecule has 12 heteroatoms. The highest BCUT2D eigenvalue weighted by atomic mass is 32.2. The minimum Gasteiger partial charge on any atom is -0.465 e. The summed E-state index contributed by atoms with van der Waals surface area (Å²) >= 11 is 0. The van der Waals surface area contributed by atoms with Crippen LogP contribution in [0.3, 0.4) is 0 Å². The molecular weight excluding hydrogens is 430 g/mol. The molecule has 2 rings (SSSR count). The molecule has 0 aromatic heterocycles. The highest BCUT2D eigenvalue weighted by Gasteiger charge is 2.75. The Morgan fingerprint density at radius 1 is 1.10 bits per heavy atom. The van der Waals surface area contributed by atoms with Crippen molar-refractivity contribution in [2.24, 2.45) is 0 Å². The van der Waals surface area contributed by atoms with Crippen LogP contribution in [-0.4, -0.2) is 50.0 Å². The zero-order chi connectivity index (χ0) is 22.1. The SMILES string of the molecule is CC(F)(F)C(F)(F)C(F)(F)S(=O)(=O)CC(=O)c1ccc(OC2CCCCO2)cc1. The van der Waals surface area contributed by atoms with Gasteiger partial charge in [0.15, 0.2) is 12.1 Å². The molecule has 1 unspecified atom stereocenters. The molecule has 1 saturated heterocycles. The molecule has 0 aliphatic carbocycles. The maximum Gasteiger partial charge on any atom is 0.413 e. The van der Waals surface area contributed by atoms with Crippen LogP contribution in [0.4, 0.5) is 26.3 Å². The van der Waals surface area contributed by atoms with E-state index in [9.17, 15) is 39.6 Å². The van der Waals surface area contributed by atoms with Gasteiger partial charge in [-0.2, -0.15) is 26.3 Å². The van der Waals surface area contributed by atoms with E-state index in [1.165, 1.54) is 12.1 Å². The van der Waals surface area contributed by atoms with Crippen molar-refractivity contribution in [1.29, 1.82) is 0 Å². The molecule has 0 bridgehead atoms. The van der Waals surface area contributed by atoms with Crippen molar-refractivity contribution in [2.75, 3.05) is 12.4 Å². The summed E-state index contributed by atoms with van der Waals surface area (Å²) in [7, 11) is -6.24. The molecule has 1 fully saturated rings. The van der Waals surface area contributed by atoms with Crippen LogP contribution in [0, 0.1) is 0 Å². The van der Waals surface area contributed by atoms with E-state index in [1.54, 1.807) is 0 Å². The number of hydrogen-bond acceptors (Lipinski definition) is 5. The summed E-state index contributed by atoms with van der Waals surface area (Å²) in [4.78, 5) is 12.0. The van der Waals surface area contributed by atoms with E-state index in [0.717, 1.165) is 25.0 Å². The Morgan fingerprint density at radius 3 is 2.17 bits per heavy atom. The van der Waals surface area contributed by atoms with Crippen LogP contribution in [-0.2, 0) is 14.6 Å².